The van der Waals surface area contributed by atoms with Gasteiger partial charge in [-0.25, -0.2) is 4.98 Å². The van der Waals surface area contributed by atoms with E-state index in [1.165, 1.54) is 0 Å². The molecule has 3 nitrogen and oxygen atoms in total. The smallest absolute Gasteiger partial charge is 0.356 e. The number of hydrogen-bond donors (Lipinski definition) is 0. The minimum atomic E-state index is -4.47. The van der Waals surface area contributed by atoms with Crippen molar-refractivity contribution in [3.8, 4) is 6.07 Å². The second-order valence-electron chi connectivity index (χ2n) is 4.10. The first kappa shape index (κ1) is 15.6. The molecule has 0 radical (unpaired) electrons. The third-order valence-corrected chi connectivity index (χ3v) is 2.72. The first-order chi connectivity index (χ1) is 8.77. The maximum Gasteiger partial charge on any atom is 0.416 e. The van der Waals surface area contributed by atoms with Gasteiger partial charge in [0, 0.05) is 13.1 Å². The van der Waals surface area contributed by atoms with Gasteiger partial charge < -0.3 is 4.90 Å². The number of hydrogen-bond acceptors (Lipinski definition) is 3. The first-order valence-corrected chi connectivity index (χ1v) is 6.05. The van der Waals surface area contributed by atoms with Gasteiger partial charge in [-0.2, -0.15) is 18.4 Å². The van der Waals surface area contributed by atoms with Crippen LogP contribution in [0.15, 0.2) is 12.1 Å². The fourth-order valence-corrected chi connectivity index (χ4v) is 1.77. The molecule has 1 heterocycles. The Balaban J connectivity index is 3.11. The summed E-state index contributed by atoms with van der Waals surface area (Å²) in [6.45, 7) is 4.21. The van der Waals surface area contributed by atoms with E-state index in [0.29, 0.717) is 13.1 Å². The predicted octanol–water partition coefficient (Wildman–Crippen LogP) is 3.74. The number of nitrogens with zero attached hydrogens (tertiary/aromatic N) is 3. The number of nitriles is 1. The van der Waals surface area contributed by atoms with Gasteiger partial charge in [0.1, 0.15) is 11.0 Å². The monoisotopic (exact) mass is 291 g/mol. The number of halogens is 4. The number of pyridine rings is 1. The molecule has 0 aliphatic carbocycles. The van der Waals surface area contributed by atoms with Gasteiger partial charge in [-0.3, -0.25) is 0 Å². The largest absolute Gasteiger partial charge is 0.416 e. The molecule has 0 aliphatic heterocycles. The number of anilines is 1. The Morgan fingerprint density at radius 1 is 1.47 bits per heavy atom. The van der Waals surface area contributed by atoms with Crippen LogP contribution < -0.4 is 4.90 Å². The molecule has 104 valence electrons. The third kappa shape index (κ3) is 4.28. The molecule has 1 aromatic rings. The van der Waals surface area contributed by atoms with Crippen molar-refractivity contribution in [2.45, 2.75) is 20.0 Å². The normalized spacial score (nSPS) is 12.9. The lowest BCUT2D eigenvalue weighted by atomic mass is 10.2. The Bertz CT molecular complexity index is 482. The molecule has 0 saturated heterocycles. The highest BCUT2D eigenvalue weighted by Crippen LogP contribution is 2.32. The molecule has 0 amide bonds. The summed E-state index contributed by atoms with van der Waals surface area (Å²) in [5.74, 6) is -0.181. The van der Waals surface area contributed by atoms with Crippen LogP contribution in [0.1, 0.15) is 19.4 Å². The molecule has 0 aromatic carbocycles. The zero-order valence-electron chi connectivity index (χ0n) is 10.5. The fraction of sp³-hybridized carbons (Fsp3) is 0.500. The lowest BCUT2D eigenvalue weighted by molar-refractivity contribution is -0.137. The van der Waals surface area contributed by atoms with Gasteiger partial charge in [0.2, 0.25) is 0 Å². The van der Waals surface area contributed by atoms with Crippen LogP contribution in [0.3, 0.4) is 0 Å². The summed E-state index contributed by atoms with van der Waals surface area (Å²) in [4.78, 5) is 5.48. The van der Waals surface area contributed by atoms with Gasteiger partial charge in [0.15, 0.2) is 0 Å². The van der Waals surface area contributed by atoms with E-state index in [2.05, 4.69) is 4.98 Å². The topological polar surface area (TPSA) is 39.9 Å². The number of aromatic nitrogens is 1. The molecule has 0 N–H and O–H groups in total. The van der Waals surface area contributed by atoms with Crippen LogP contribution >= 0.6 is 11.6 Å². The molecule has 0 aliphatic rings. The van der Waals surface area contributed by atoms with Gasteiger partial charge in [-0.1, -0.05) is 11.6 Å². The van der Waals surface area contributed by atoms with Gasteiger partial charge >= 0.3 is 6.18 Å². The predicted molar refractivity (Wildman–Crippen MR) is 66.9 cm³/mol. The van der Waals surface area contributed by atoms with E-state index in [9.17, 15) is 13.2 Å². The van der Waals surface area contributed by atoms with Crippen LogP contribution in [-0.2, 0) is 6.18 Å². The Morgan fingerprint density at radius 3 is 2.58 bits per heavy atom. The highest BCUT2D eigenvalue weighted by Gasteiger charge is 2.32. The summed E-state index contributed by atoms with van der Waals surface area (Å²) < 4.78 is 38.1. The van der Waals surface area contributed by atoms with Crippen molar-refractivity contribution in [1.29, 1.82) is 5.26 Å². The maximum absolute atomic E-state index is 12.7. The van der Waals surface area contributed by atoms with Gasteiger partial charge in [-0.15, -0.1) is 0 Å². The van der Waals surface area contributed by atoms with Crippen LogP contribution in [0.5, 0.6) is 0 Å². The SMILES string of the molecule is CCN(CC(C)C#N)c1cc(C(F)(F)F)cc(Cl)n1. The minimum absolute atomic E-state index is 0.129. The van der Waals surface area contributed by atoms with Gasteiger partial charge in [0.05, 0.1) is 17.6 Å². The third-order valence-electron chi connectivity index (χ3n) is 2.53. The van der Waals surface area contributed by atoms with Gasteiger partial charge in [-0.05, 0) is 26.0 Å². The highest BCUT2D eigenvalue weighted by molar-refractivity contribution is 6.29. The lowest BCUT2D eigenvalue weighted by Crippen LogP contribution is -2.29. The van der Waals surface area contributed by atoms with Crippen molar-refractivity contribution in [1.82, 2.24) is 4.98 Å². The average molecular weight is 292 g/mol. The molecule has 0 fully saturated rings. The first-order valence-electron chi connectivity index (χ1n) is 5.67. The molecule has 0 spiro atoms. The van der Waals surface area contributed by atoms with E-state index in [1.807, 2.05) is 6.07 Å². The number of rotatable bonds is 4. The van der Waals surface area contributed by atoms with Crippen LogP contribution in [0.4, 0.5) is 19.0 Å². The van der Waals surface area contributed by atoms with E-state index >= 15 is 0 Å². The van der Waals surface area contributed by atoms with Crippen LogP contribution in [0.2, 0.25) is 5.15 Å². The van der Waals surface area contributed by atoms with E-state index < -0.39 is 11.7 Å². The molecule has 1 aromatic heterocycles. The Labute approximate surface area is 114 Å². The summed E-state index contributed by atoms with van der Waals surface area (Å²) in [5, 5.41) is 8.55. The molecule has 1 atom stereocenters. The quantitative estimate of drug-likeness (QED) is 0.793. The van der Waals surface area contributed by atoms with Gasteiger partial charge in [0.25, 0.3) is 0 Å². The molecule has 1 unspecified atom stereocenters. The summed E-state index contributed by atoms with van der Waals surface area (Å²) in [5.41, 5.74) is -0.842. The molecular formula is C12H13ClF3N3. The maximum atomic E-state index is 12.7. The fourth-order valence-electron chi connectivity index (χ4n) is 1.56. The molecule has 7 heteroatoms. The van der Waals surface area contributed by atoms with Crippen LogP contribution in [0, 0.1) is 17.2 Å². The second kappa shape index (κ2) is 6.11. The summed E-state index contributed by atoms with van der Waals surface area (Å²) in [6.07, 6.45) is -4.47. The summed E-state index contributed by atoms with van der Waals surface area (Å²) in [7, 11) is 0. The zero-order valence-corrected chi connectivity index (χ0v) is 11.3. The van der Waals surface area contributed by atoms with Crippen molar-refractivity contribution in [3.05, 3.63) is 22.8 Å². The minimum Gasteiger partial charge on any atom is -0.356 e. The van der Waals surface area contributed by atoms with E-state index in [0.717, 1.165) is 12.1 Å². The van der Waals surface area contributed by atoms with E-state index in [-0.39, 0.29) is 16.9 Å². The molecule has 1 rings (SSSR count). The summed E-state index contributed by atoms with van der Waals surface area (Å²) >= 11 is 5.62. The van der Waals surface area contributed by atoms with Crippen LogP contribution in [-0.4, -0.2) is 18.1 Å². The standard InChI is InChI=1S/C12H13ClF3N3/c1-3-19(7-8(2)6-17)11-5-9(12(14,15)16)4-10(13)18-11/h4-5,8H,3,7H2,1-2H3. The zero-order chi connectivity index (χ0) is 14.6. The van der Waals surface area contributed by atoms with E-state index in [4.69, 9.17) is 16.9 Å². The van der Waals surface area contributed by atoms with Crippen molar-refractivity contribution in [2.75, 3.05) is 18.0 Å². The van der Waals surface area contributed by atoms with Crippen molar-refractivity contribution in [2.24, 2.45) is 5.92 Å². The summed E-state index contributed by atoms with van der Waals surface area (Å²) in [6, 6.07) is 3.76. The molecule has 0 bridgehead atoms. The molecular weight excluding hydrogens is 279 g/mol. The molecule has 19 heavy (non-hydrogen) atoms. The van der Waals surface area contributed by atoms with Crippen LogP contribution in [0.25, 0.3) is 0 Å². The number of alkyl halides is 3. The van der Waals surface area contributed by atoms with Crippen molar-refractivity contribution in [3.63, 3.8) is 0 Å². The second-order valence-corrected chi connectivity index (χ2v) is 4.49. The Hall–Kier alpha value is -1.48. The average Bonchev–Trinajstić information content (AvgIpc) is 2.33. The highest BCUT2D eigenvalue weighted by atomic mass is 35.5. The Kier molecular flexibility index (Phi) is 5.01. The van der Waals surface area contributed by atoms with Crippen molar-refractivity contribution >= 4 is 17.4 Å². The lowest BCUT2D eigenvalue weighted by Gasteiger charge is -2.24. The van der Waals surface area contributed by atoms with Crippen molar-refractivity contribution < 1.29 is 13.2 Å². The van der Waals surface area contributed by atoms with E-state index in [1.54, 1.807) is 18.7 Å². The molecule has 0 saturated carbocycles. The Morgan fingerprint density at radius 2 is 2.11 bits per heavy atom.